The molecular weight excluding hydrogens is 861 g/mol. The summed E-state index contributed by atoms with van der Waals surface area (Å²) in [4.78, 5) is 13.0. The van der Waals surface area contributed by atoms with Gasteiger partial charge in [-0.25, -0.2) is 0 Å². The molecule has 2 fully saturated rings. The molecule has 0 saturated carbocycles. The predicted octanol–water partition coefficient (Wildman–Crippen LogP) is 7.51. The minimum atomic E-state index is -1.72. The standard InChI is InChI=1S/C53H90O14/c1-3-5-7-9-11-13-15-17-18-19-20-21-22-23-25-27-29-31-33-35-37-62-39-42(65-45(55)36-34-32-30-28-26-24-16-14-12-10-8-6-4-2)40-63-52-51(61)49(59)47(57)44(67-52)41-64-53-50(60)48(58)46(56)43(38-54)66-53/h6,8,11-14,17-18,20-21,24,26,42-44,46-54,56-61H,3-5,7,9-10,15-16,19,22-23,25,27-41H2,1-2H3/b8-6-,13-11-,14-12-,18-17-,21-20-,26-24-. The molecule has 0 aromatic carbocycles. The van der Waals surface area contributed by atoms with Gasteiger partial charge in [-0.3, -0.25) is 4.79 Å². The second-order valence-corrected chi connectivity index (χ2v) is 17.6. The molecule has 14 heteroatoms. The van der Waals surface area contributed by atoms with Gasteiger partial charge in [-0.15, -0.1) is 0 Å². The van der Waals surface area contributed by atoms with Crippen LogP contribution in [0.3, 0.4) is 0 Å². The molecule has 67 heavy (non-hydrogen) atoms. The first kappa shape index (κ1) is 60.6. The first-order valence-corrected chi connectivity index (χ1v) is 25.5. The number of carbonyl (C=O) groups excluding carboxylic acids is 1. The van der Waals surface area contributed by atoms with Crippen molar-refractivity contribution in [3.63, 3.8) is 0 Å². The highest BCUT2D eigenvalue weighted by Crippen LogP contribution is 2.26. The Morgan fingerprint density at radius 2 is 0.970 bits per heavy atom. The molecule has 0 spiro atoms. The van der Waals surface area contributed by atoms with Gasteiger partial charge in [0, 0.05) is 13.0 Å². The van der Waals surface area contributed by atoms with Crippen LogP contribution in [0, 0.1) is 0 Å². The lowest BCUT2D eigenvalue weighted by molar-refractivity contribution is -0.332. The van der Waals surface area contributed by atoms with Crippen LogP contribution < -0.4 is 0 Å². The summed E-state index contributed by atoms with van der Waals surface area (Å²) in [7, 11) is 0. The van der Waals surface area contributed by atoms with Crippen molar-refractivity contribution in [2.75, 3.05) is 33.0 Å². The zero-order chi connectivity index (χ0) is 48.7. The van der Waals surface area contributed by atoms with E-state index in [1.807, 2.05) is 0 Å². The predicted molar refractivity (Wildman–Crippen MR) is 261 cm³/mol. The number of hydrogen-bond acceptors (Lipinski definition) is 14. The summed E-state index contributed by atoms with van der Waals surface area (Å²) in [5.74, 6) is -0.412. The van der Waals surface area contributed by atoms with E-state index in [0.717, 1.165) is 83.5 Å². The molecule has 0 aromatic rings. The Hall–Kier alpha value is -2.57. The van der Waals surface area contributed by atoms with Gasteiger partial charge in [-0.1, -0.05) is 138 Å². The van der Waals surface area contributed by atoms with Crippen molar-refractivity contribution in [1.29, 1.82) is 0 Å². The molecule has 2 aliphatic heterocycles. The Morgan fingerprint density at radius 3 is 1.52 bits per heavy atom. The van der Waals surface area contributed by atoms with Crippen molar-refractivity contribution in [2.24, 2.45) is 0 Å². The lowest BCUT2D eigenvalue weighted by Crippen LogP contribution is -2.61. The summed E-state index contributed by atoms with van der Waals surface area (Å²) in [5, 5.41) is 72.1. The van der Waals surface area contributed by atoms with Gasteiger partial charge < -0.3 is 64.2 Å². The van der Waals surface area contributed by atoms with Crippen LogP contribution in [0.15, 0.2) is 72.9 Å². The number of aliphatic hydroxyl groups is 7. The molecule has 7 N–H and O–H groups in total. The van der Waals surface area contributed by atoms with E-state index in [-0.39, 0.29) is 19.6 Å². The van der Waals surface area contributed by atoms with E-state index in [4.69, 9.17) is 28.4 Å². The third-order valence-corrected chi connectivity index (χ3v) is 11.7. The van der Waals surface area contributed by atoms with E-state index in [9.17, 15) is 40.5 Å². The molecule has 0 aromatic heterocycles. The SMILES string of the molecule is CC/C=C\C/C=C\C/C=C\CCCCCC(=O)OC(COCCCCCCCCC/C=C\C/C=C\C/C=C\CCCCC)COC1OC(COC2OC(CO)C(O)C(O)C2O)C(O)C(O)C1O. The molecule has 2 aliphatic rings. The molecule has 11 atom stereocenters. The Kier molecular flexibility index (Phi) is 36.3. The van der Waals surface area contributed by atoms with Crippen molar-refractivity contribution in [1.82, 2.24) is 0 Å². The van der Waals surface area contributed by atoms with Gasteiger partial charge in [-0.2, -0.15) is 0 Å². The summed E-state index contributed by atoms with van der Waals surface area (Å²) in [6.07, 6.45) is 32.5. The molecule has 0 bridgehead atoms. The van der Waals surface area contributed by atoms with Crippen LogP contribution in [-0.4, -0.2) is 142 Å². The number of ether oxygens (including phenoxy) is 6. The topological polar surface area (TPSA) is 214 Å². The fourth-order valence-corrected chi connectivity index (χ4v) is 7.54. The number of esters is 1. The summed E-state index contributed by atoms with van der Waals surface area (Å²) in [6, 6.07) is 0. The highest BCUT2D eigenvalue weighted by Gasteiger charge is 2.47. The number of carbonyl (C=O) groups is 1. The van der Waals surface area contributed by atoms with E-state index in [1.54, 1.807) is 0 Å². The van der Waals surface area contributed by atoms with Crippen LogP contribution in [-0.2, 0) is 33.2 Å². The van der Waals surface area contributed by atoms with Gasteiger partial charge in [-0.05, 0) is 83.5 Å². The maximum atomic E-state index is 13.0. The fourth-order valence-electron chi connectivity index (χ4n) is 7.54. The summed E-state index contributed by atoms with van der Waals surface area (Å²) >= 11 is 0. The second kappa shape index (κ2) is 40.2. The van der Waals surface area contributed by atoms with Crippen molar-refractivity contribution < 1.29 is 69.0 Å². The van der Waals surface area contributed by atoms with E-state index < -0.39 is 86.7 Å². The number of unbranched alkanes of at least 4 members (excludes halogenated alkanes) is 13. The van der Waals surface area contributed by atoms with E-state index in [0.29, 0.717) is 13.0 Å². The van der Waals surface area contributed by atoms with Gasteiger partial charge in [0.05, 0.1) is 26.4 Å². The lowest BCUT2D eigenvalue weighted by Gasteiger charge is -2.42. The highest BCUT2D eigenvalue weighted by molar-refractivity contribution is 5.69. The van der Waals surface area contributed by atoms with Crippen molar-refractivity contribution >= 4 is 5.97 Å². The molecule has 2 rings (SSSR count). The molecular formula is C53H90O14. The minimum Gasteiger partial charge on any atom is -0.457 e. The molecule has 2 heterocycles. The maximum absolute atomic E-state index is 13.0. The first-order chi connectivity index (χ1) is 32.6. The molecule has 0 amide bonds. The van der Waals surface area contributed by atoms with Crippen LogP contribution in [0.4, 0.5) is 0 Å². The van der Waals surface area contributed by atoms with Crippen LogP contribution >= 0.6 is 0 Å². The molecule has 2 saturated heterocycles. The largest absolute Gasteiger partial charge is 0.457 e. The maximum Gasteiger partial charge on any atom is 0.306 e. The normalized spacial score (nSPS) is 26.7. The van der Waals surface area contributed by atoms with Gasteiger partial charge in [0.1, 0.15) is 54.9 Å². The fraction of sp³-hybridized carbons (Fsp3) is 0.755. The molecule has 14 nitrogen and oxygen atoms in total. The van der Waals surface area contributed by atoms with E-state index in [2.05, 4.69) is 86.8 Å². The van der Waals surface area contributed by atoms with E-state index >= 15 is 0 Å². The number of allylic oxidation sites excluding steroid dienone is 12. The van der Waals surface area contributed by atoms with Gasteiger partial charge in [0.25, 0.3) is 0 Å². The Labute approximate surface area is 402 Å². The molecule has 386 valence electrons. The molecule has 11 unspecified atom stereocenters. The highest BCUT2D eigenvalue weighted by atomic mass is 16.7. The number of rotatable bonds is 39. The molecule has 0 aliphatic carbocycles. The zero-order valence-electron chi connectivity index (χ0n) is 40.9. The Morgan fingerprint density at radius 1 is 0.507 bits per heavy atom. The van der Waals surface area contributed by atoms with Crippen molar-refractivity contribution in [3.8, 4) is 0 Å². The van der Waals surface area contributed by atoms with Crippen LogP contribution in [0.2, 0.25) is 0 Å². The van der Waals surface area contributed by atoms with Crippen LogP contribution in [0.1, 0.15) is 155 Å². The van der Waals surface area contributed by atoms with Crippen LogP contribution in [0.5, 0.6) is 0 Å². The quantitative estimate of drug-likeness (QED) is 0.0181. The lowest BCUT2D eigenvalue weighted by atomic mass is 9.98. The third-order valence-electron chi connectivity index (χ3n) is 11.7. The second-order valence-electron chi connectivity index (χ2n) is 17.6. The Balaban J connectivity index is 1.77. The summed E-state index contributed by atoms with van der Waals surface area (Å²) in [5.41, 5.74) is 0. The van der Waals surface area contributed by atoms with Crippen molar-refractivity contribution in [2.45, 2.75) is 223 Å². The van der Waals surface area contributed by atoms with Crippen LogP contribution in [0.25, 0.3) is 0 Å². The number of aliphatic hydroxyl groups excluding tert-OH is 7. The van der Waals surface area contributed by atoms with Gasteiger partial charge in [0.2, 0.25) is 0 Å². The zero-order valence-corrected chi connectivity index (χ0v) is 40.9. The first-order valence-electron chi connectivity index (χ1n) is 25.5. The van der Waals surface area contributed by atoms with Gasteiger partial charge >= 0.3 is 5.97 Å². The molecule has 0 radical (unpaired) electrons. The smallest absolute Gasteiger partial charge is 0.306 e. The Bertz CT molecular complexity index is 1380. The minimum absolute atomic E-state index is 0.0387. The summed E-state index contributed by atoms with van der Waals surface area (Å²) < 4.78 is 34.2. The average Bonchev–Trinajstić information content (AvgIpc) is 3.32. The average molecular weight is 951 g/mol. The number of hydrogen-bond donors (Lipinski definition) is 7. The van der Waals surface area contributed by atoms with Crippen molar-refractivity contribution in [3.05, 3.63) is 72.9 Å². The summed E-state index contributed by atoms with van der Waals surface area (Å²) in [6.45, 7) is 3.46. The monoisotopic (exact) mass is 951 g/mol. The van der Waals surface area contributed by atoms with Gasteiger partial charge in [0.15, 0.2) is 12.6 Å². The van der Waals surface area contributed by atoms with E-state index in [1.165, 1.54) is 44.9 Å². The third kappa shape index (κ3) is 28.0.